The largest absolute Gasteiger partial charge is 0.491 e. The van der Waals surface area contributed by atoms with E-state index in [4.69, 9.17) is 49.9 Å². The number of ether oxygens (including phenoxy) is 2. The number of esters is 1. The van der Waals surface area contributed by atoms with Crippen molar-refractivity contribution < 1.29 is 72.5 Å². The van der Waals surface area contributed by atoms with Crippen LogP contribution in [0.2, 0.25) is 10.3 Å². The molecule has 104 heavy (non-hydrogen) atoms. The van der Waals surface area contributed by atoms with Gasteiger partial charge in [0.05, 0.1) is 14.2 Å². The molecule has 564 valence electrons. The van der Waals surface area contributed by atoms with Crippen molar-refractivity contribution in [2.24, 2.45) is 11.5 Å². The van der Waals surface area contributed by atoms with Gasteiger partial charge in [-0.3, -0.25) is 19.8 Å². The number of aromatic hydroxyl groups is 1. The molecule has 43 heteroatoms. The second kappa shape index (κ2) is 38.1. The fourth-order valence-corrected chi connectivity index (χ4v) is 12.8. The number of rotatable bonds is 12. The monoisotopic (exact) mass is 1600 g/mol. The number of nitrogens with two attached hydrogens (primary N) is 2. The van der Waals surface area contributed by atoms with E-state index in [1.54, 1.807) is 17.7 Å². The predicted octanol–water partition coefficient (Wildman–Crippen LogP) is 14.1. The maximum Gasteiger partial charge on any atom is 0.348 e. The van der Waals surface area contributed by atoms with Gasteiger partial charge in [-0.2, -0.15) is 27.5 Å². The Bertz CT molecular complexity index is 4390. The summed E-state index contributed by atoms with van der Waals surface area (Å²) in [5, 5.41) is 32.7. The van der Waals surface area contributed by atoms with Gasteiger partial charge in [-0.05, 0) is 80.1 Å². The Kier molecular flexibility index (Phi) is 31.0. The molecule has 1 unspecified atom stereocenters. The highest BCUT2D eigenvalue weighted by Crippen LogP contribution is 2.38. The Morgan fingerprint density at radius 2 is 0.942 bits per heavy atom. The summed E-state index contributed by atoms with van der Waals surface area (Å²) in [4.78, 5) is 90.8. The average molecular weight is 1600 g/mol. The van der Waals surface area contributed by atoms with Crippen molar-refractivity contribution in [1.82, 2.24) is 64.8 Å². The van der Waals surface area contributed by atoms with Crippen LogP contribution in [0.25, 0.3) is 43.3 Å². The molecule has 3 aliphatic carbocycles. The van der Waals surface area contributed by atoms with Crippen LogP contribution in [0.15, 0.2) is 36.5 Å². The van der Waals surface area contributed by atoms with Crippen molar-refractivity contribution in [3.05, 3.63) is 115 Å². The average Bonchev–Trinajstić information content (AvgIpc) is 1.20. The van der Waals surface area contributed by atoms with E-state index < -0.39 is 81.1 Å². The van der Waals surface area contributed by atoms with Crippen LogP contribution in [-0.2, 0) is 14.3 Å². The van der Waals surface area contributed by atoms with E-state index in [0.29, 0.717) is 37.9 Å². The van der Waals surface area contributed by atoms with E-state index in [1.807, 2.05) is 43.8 Å². The summed E-state index contributed by atoms with van der Waals surface area (Å²) in [5.74, 6) is -14.0. The summed E-state index contributed by atoms with van der Waals surface area (Å²) in [6, 6.07) is -0.504. The van der Waals surface area contributed by atoms with Gasteiger partial charge in [-0.15, -0.1) is 56.7 Å². The lowest BCUT2D eigenvalue weighted by Crippen LogP contribution is -2.32. The first kappa shape index (κ1) is 84.6. The van der Waals surface area contributed by atoms with Crippen LogP contribution in [0, 0.1) is 63.3 Å². The zero-order valence-electron chi connectivity index (χ0n) is 56.1. The van der Waals surface area contributed by atoms with Crippen molar-refractivity contribution in [2.75, 3.05) is 24.9 Å². The van der Waals surface area contributed by atoms with Crippen LogP contribution in [0.5, 0.6) is 11.8 Å². The molecular weight excluding hydrogens is 1540 g/mol. The fourth-order valence-electron chi connectivity index (χ4n) is 8.85. The normalized spacial score (nSPS) is 15.5. The first-order valence-corrected chi connectivity index (χ1v) is 35.8. The molecule has 9 heterocycles. The maximum absolute atomic E-state index is 14.4. The smallest absolute Gasteiger partial charge is 0.348 e. The quantitative estimate of drug-likeness (QED) is 0.0141. The maximum atomic E-state index is 14.4. The number of methoxy groups -OCH3 is 2. The summed E-state index contributed by atoms with van der Waals surface area (Å²) >= 11 is 17.9. The molecular formula is C61H67Cl2F11N18O7S5. The number of hydrogen-bond donors (Lipinski definition) is 8. The molecule has 3 fully saturated rings. The van der Waals surface area contributed by atoms with E-state index in [-0.39, 0.29) is 134 Å². The number of amidine groups is 1. The number of anilines is 2. The summed E-state index contributed by atoms with van der Waals surface area (Å²) in [7, 11) is 2.34. The van der Waals surface area contributed by atoms with Crippen molar-refractivity contribution in [2.45, 2.75) is 161 Å². The van der Waals surface area contributed by atoms with Gasteiger partial charge >= 0.3 is 5.97 Å². The third-order valence-electron chi connectivity index (χ3n) is 14.2. The van der Waals surface area contributed by atoms with E-state index in [0.717, 1.165) is 42.5 Å². The lowest BCUT2D eigenvalue weighted by atomic mass is 9.92. The number of carbonyl (C=O) groups is 2. The van der Waals surface area contributed by atoms with Crippen LogP contribution < -0.4 is 38.0 Å². The Labute approximate surface area is 614 Å². The molecule has 25 nitrogen and oxygen atoms in total. The Morgan fingerprint density at radius 3 is 1.28 bits per heavy atom. The van der Waals surface area contributed by atoms with Crippen molar-refractivity contribution >= 4 is 109 Å². The van der Waals surface area contributed by atoms with Gasteiger partial charge < -0.3 is 46.6 Å². The number of aromatic amines is 2. The van der Waals surface area contributed by atoms with Crippen LogP contribution in [0.4, 0.5) is 59.9 Å². The van der Waals surface area contributed by atoms with Crippen LogP contribution in [0.1, 0.15) is 117 Å². The number of H-pyrrole nitrogens is 2. The minimum atomic E-state index is -2.64. The first-order chi connectivity index (χ1) is 48.8. The van der Waals surface area contributed by atoms with Gasteiger partial charge in [0.2, 0.25) is 41.0 Å². The molecule has 0 amide bonds. The Balaban J connectivity index is 0.000000197. The molecule has 0 aliphatic heterocycles. The Hall–Kier alpha value is -8.35. The number of hydrogen-bond acceptors (Lipinski definition) is 27. The number of carbonyl (C=O) groups excluding carboxylic acids is 2. The molecule has 1 atom stereocenters. The number of aryl methyl sites for hydroxylation is 5. The van der Waals surface area contributed by atoms with Gasteiger partial charge in [-0.25, -0.2) is 80.4 Å². The molecule has 9 aromatic rings. The number of thiazole rings is 5. The van der Waals surface area contributed by atoms with Gasteiger partial charge in [0.1, 0.15) is 0 Å². The number of ketones is 1. The topological polar surface area (TPSA) is 380 Å². The van der Waals surface area contributed by atoms with E-state index >= 15 is 0 Å². The SMILES string of the molecule is COC(=O)C(F)C(C)=O.COc1nc(-c2nc(C)cs2)nc(NC2CCC(F)(F)CC2)c1F.Cc1csc(-c2nc(Cl)c(F)c(=O)[nH]2)n1.Cc1csc(-c2nc(Cl)c(F)c(NC3CCC(F)(F)CC3)n2)n1.Cc1csc(-c2nc(O)c(F)c(=O)[nH]2)n1.Cc1csc(C(=N)N)n1.NC1CCC(F)(F)CC1. The number of aromatic nitrogens is 13. The summed E-state index contributed by atoms with van der Waals surface area (Å²) in [6.45, 7) is 10.1. The molecule has 0 spiro atoms. The minimum Gasteiger partial charge on any atom is -0.491 e. The van der Waals surface area contributed by atoms with Crippen LogP contribution in [0.3, 0.4) is 0 Å². The second-order valence-corrected chi connectivity index (χ2v) is 27.9. The lowest BCUT2D eigenvalue weighted by Gasteiger charge is -2.29. The lowest BCUT2D eigenvalue weighted by molar-refractivity contribution is -0.150. The van der Waals surface area contributed by atoms with E-state index in [1.165, 1.54) is 63.8 Å². The molecule has 3 aliphatic rings. The van der Waals surface area contributed by atoms with Gasteiger partial charge in [0, 0.05) is 112 Å². The number of nitrogens with one attached hydrogen (secondary N) is 5. The molecule has 0 saturated heterocycles. The molecule has 0 aromatic carbocycles. The summed E-state index contributed by atoms with van der Waals surface area (Å²) < 4.78 is 153. The van der Waals surface area contributed by atoms with Crippen LogP contribution in [-0.4, -0.2) is 144 Å². The van der Waals surface area contributed by atoms with Crippen molar-refractivity contribution in [3.63, 3.8) is 0 Å². The first-order valence-electron chi connectivity index (χ1n) is 30.7. The number of nitrogen functional groups attached to an aromatic ring is 1. The van der Waals surface area contributed by atoms with Gasteiger partial charge in [-0.1, -0.05) is 23.2 Å². The number of nitrogens with zero attached hydrogens (tertiary/aromatic N) is 11. The highest BCUT2D eigenvalue weighted by atomic mass is 35.5. The van der Waals surface area contributed by atoms with Crippen LogP contribution >= 0.6 is 79.9 Å². The molecule has 10 N–H and O–H groups in total. The standard InChI is InChI=1S/C15H17F3N4OS.C14H14ClF3N4S.C8H5ClFN3OS.C8H6FN3O2S.C6H11F2N.C5H7FO3.C5H7N3S/c1-8-7-24-14(19-8)12-21-11(10(16)13(22-12)23-2)20-9-3-5-15(17,18)6-4-9;1-7-6-23-13(19-7)12-21-10(15)9(16)11(22-12)20-8-2-4-14(17,18)5-3-8;1-3-2-15-8(11-3)6-12-5(9)4(10)7(14)13-6;1-3-2-15-8(10-3)5-11-6(13)4(9)7(14)12-5;7-6(8)3-1-5(9)2-4-6;1-3(7)4(6)5(8)9-2;1-3-2-9-5(8-3)4(6)7/h7,9H,3-6H2,1-2H3,(H,20,21,22);6,8H,2-5H2,1H3,(H,20,21,22);2H,1H3,(H,12,13,14);2H,1H3,(H2,11,12,13,14);5H,1-4,9H2;4H,1-2H3;2H,1H3,(H3,6,7). The minimum absolute atomic E-state index is 0.0182. The van der Waals surface area contributed by atoms with Gasteiger partial charge in [0.15, 0.2) is 81.9 Å². The van der Waals surface area contributed by atoms with Gasteiger partial charge in [0.25, 0.3) is 29.1 Å². The predicted molar refractivity (Wildman–Crippen MR) is 374 cm³/mol. The molecule has 9 aromatic heterocycles. The van der Waals surface area contributed by atoms with E-state index in [2.05, 4.69) is 80.2 Å². The molecule has 0 bridgehead atoms. The second-order valence-electron chi connectivity index (χ2n) is 22.9. The van der Waals surface area contributed by atoms with Crippen molar-refractivity contribution in [1.29, 1.82) is 5.41 Å². The molecule has 0 radical (unpaired) electrons. The van der Waals surface area contributed by atoms with E-state index in [9.17, 15) is 67.5 Å². The fraction of sp³-hybridized carbons (Fsp3) is 0.443. The highest BCUT2D eigenvalue weighted by molar-refractivity contribution is 7.14. The number of Topliss-reactive ketones (excluding diaryl/α,β-unsaturated/α-hetero) is 1. The number of alkyl halides is 7. The summed E-state index contributed by atoms with van der Waals surface area (Å²) in [6.07, 6.45) is -1.06. The zero-order valence-corrected chi connectivity index (χ0v) is 61.7. The Morgan fingerprint density at radius 1 is 0.567 bits per heavy atom. The third kappa shape index (κ3) is 25.8. The molecule has 12 rings (SSSR count). The summed E-state index contributed by atoms with van der Waals surface area (Å²) in [5.41, 5.74) is 12.8. The van der Waals surface area contributed by atoms with Crippen molar-refractivity contribution in [3.8, 4) is 55.1 Å². The number of halogens is 13. The molecule has 3 saturated carbocycles. The third-order valence-corrected chi connectivity index (χ3v) is 19.6. The zero-order chi connectivity index (χ0) is 77.1. The highest BCUT2D eigenvalue weighted by Gasteiger charge is 2.37.